The van der Waals surface area contributed by atoms with Crippen molar-refractivity contribution in [2.24, 2.45) is 11.7 Å². The van der Waals surface area contributed by atoms with Crippen molar-refractivity contribution in [2.75, 3.05) is 13.2 Å². The molecule has 16 heavy (non-hydrogen) atoms. The molecule has 1 aliphatic rings. The van der Waals surface area contributed by atoms with E-state index in [9.17, 15) is 0 Å². The van der Waals surface area contributed by atoms with Crippen LogP contribution in [0.25, 0.3) is 0 Å². The van der Waals surface area contributed by atoms with E-state index in [4.69, 9.17) is 10.5 Å². The summed E-state index contributed by atoms with van der Waals surface area (Å²) in [7, 11) is 0. The Morgan fingerprint density at radius 3 is 2.94 bits per heavy atom. The number of aryl methyl sites for hydroxylation is 1. The largest absolute Gasteiger partial charge is 0.373 e. The van der Waals surface area contributed by atoms with Crippen LogP contribution in [0.15, 0.2) is 24.3 Å². The van der Waals surface area contributed by atoms with Gasteiger partial charge in [-0.1, -0.05) is 31.2 Å². The number of rotatable bonds is 3. The van der Waals surface area contributed by atoms with Gasteiger partial charge in [-0.25, -0.2) is 0 Å². The van der Waals surface area contributed by atoms with Crippen molar-refractivity contribution < 1.29 is 4.74 Å². The van der Waals surface area contributed by atoms with Crippen LogP contribution in [0.1, 0.15) is 37.0 Å². The number of benzene rings is 1. The Hall–Kier alpha value is -0.860. The first-order chi connectivity index (χ1) is 7.86. The highest BCUT2D eigenvalue weighted by Crippen LogP contribution is 2.34. The molecule has 2 heteroatoms. The molecule has 2 nitrogen and oxygen atoms in total. The summed E-state index contributed by atoms with van der Waals surface area (Å²) in [5.41, 5.74) is 8.59. The van der Waals surface area contributed by atoms with Gasteiger partial charge in [-0.3, -0.25) is 0 Å². The van der Waals surface area contributed by atoms with Gasteiger partial charge < -0.3 is 10.5 Å². The Kier molecular flexibility index (Phi) is 3.97. The molecule has 0 bridgehead atoms. The zero-order valence-corrected chi connectivity index (χ0v) is 9.99. The molecule has 0 aromatic heterocycles. The van der Waals surface area contributed by atoms with Gasteiger partial charge in [-0.2, -0.15) is 0 Å². The Morgan fingerprint density at radius 2 is 2.19 bits per heavy atom. The number of hydrogen-bond acceptors (Lipinski definition) is 2. The average Bonchev–Trinajstić information content (AvgIpc) is 2.38. The molecule has 0 radical (unpaired) electrons. The van der Waals surface area contributed by atoms with E-state index in [1.165, 1.54) is 17.5 Å². The van der Waals surface area contributed by atoms with Gasteiger partial charge in [0.15, 0.2) is 0 Å². The second-order valence-electron chi connectivity index (χ2n) is 4.48. The van der Waals surface area contributed by atoms with E-state index < -0.39 is 0 Å². The van der Waals surface area contributed by atoms with Gasteiger partial charge in [0.1, 0.15) is 0 Å². The van der Waals surface area contributed by atoms with E-state index in [0.29, 0.717) is 5.92 Å². The molecule has 1 heterocycles. The fourth-order valence-electron chi connectivity index (χ4n) is 2.56. The molecule has 1 saturated heterocycles. The molecule has 2 atom stereocenters. The Labute approximate surface area is 97.8 Å². The van der Waals surface area contributed by atoms with Crippen molar-refractivity contribution in [1.82, 2.24) is 0 Å². The lowest BCUT2D eigenvalue weighted by atomic mass is 9.87. The van der Waals surface area contributed by atoms with Crippen molar-refractivity contribution in [3.05, 3.63) is 35.4 Å². The van der Waals surface area contributed by atoms with Crippen LogP contribution >= 0.6 is 0 Å². The SMILES string of the molecule is CCc1ccccc1C1OCCCC1CN. The van der Waals surface area contributed by atoms with E-state index in [2.05, 4.69) is 31.2 Å². The first kappa shape index (κ1) is 11.6. The molecule has 0 amide bonds. The maximum absolute atomic E-state index is 5.93. The molecule has 2 N–H and O–H groups in total. The first-order valence-corrected chi connectivity index (χ1v) is 6.26. The highest BCUT2D eigenvalue weighted by Gasteiger charge is 2.27. The summed E-state index contributed by atoms with van der Waals surface area (Å²) in [6.45, 7) is 3.79. The minimum Gasteiger partial charge on any atom is -0.373 e. The minimum absolute atomic E-state index is 0.217. The third-order valence-corrected chi connectivity index (χ3v) is 3.49. The lowest BCUT2D eigenvalue weighted by molar-refractivity contribution is -0.0256. The van der Waals surface area contributed by atoms with Crippen molar-refractivity contribution in [3.8, 4) is 0 Å². The van der Waals surface area contributed by atoms with Gasteiger partial charge in [0.2, 0.25) is 0 Å². The van der Waals surface area contributed by atoms with Crippen LogP contribution in [-0.2, 0) is 11.2 Å². The smallest absolute Gasteiger partial charge is 0.0867 e. The lowest BCUT2D eigenvalue weighted by Crippen LogP contribution is -2.29. The van der Waals surface area contributed by atoms with Gasteiger partial charge in [0.25, 0.3) is 0 Å². The zero-order chi connectivity index (χ0) is 11.4. The molecule has 2 unspecified atom stereocenters. The van der Waals surface area contributed by atoms with E-state index >= 15 is 0 Å². The van der Waals surface area contributed by atoms with Crippen molar-refractivity contribution in [3.63, 3.8) is 0 Å². The first-order valence-electron chi connectivity index (χ1n) is 6.26. The topological polar surface area (TPSA) is 35.2 Å². The van der Waals surface area contributed by atoms with E-state index in [1.807, 2.05) is 0 Å². The molecule has 88 valence electrons. The number of nitrogens with two attached hydrogens (primary N) is 1. The Balaban J connectivity index is 2.26. The quantitative estimate of drug-likeness (QED) is 0.848. The molecule has 1 aliphatic heterocycles. The fraction of sp³-hybridized carbons (Fsp3) is 0.571. The number of ether oxygens (including phenoxy) is 1. The van der Waals surface area contributed by atoms with Crippen LogP contribution < -0.4 is 5.73 Å². The van der Waals surface area contributed by atoms with Crippen molar-refractivity contribution in [2.45, 2.75) is 32.3 Å². The van der Waals surface area contributed by atoms with Gasteiger partial charge in [-0.05, 0) is 36.9 Å². The zero-order valence-electron chi connectivity index (χ0n) is 9.99. The van der Waals surface area contributed by atoms with Gasteiger partial charge in [0.05, 0.1) is 6.10 Å². The van der Waals surface area contributed by atoms with Crippen molar-refractivity contribution >= 4 is 0 Å². The van der Waals surface area contributed by atoms with Gasteiger partial charge in [-0.15, -0.1) is 0 Å². The maximum Gasteiger partial charge on any atom is 0.0867 e. The summed E-state index contributed by atoms with van der Waals surface area (Å²) >= 11 is 0. The normalized spacial score (nSPS) is 25.6. The summed E-state index contributed by atoms with van der Waals surface area (Å²) < 4.78 is 5.93. The van der Waals surface area contributed by atoms with Gasteiger partial charge >= 0.3 is 0 Å². The molecule has 2 rings (SSSR count). The molecule has 0 saturated carbocycles. The highest BCUT2D eigenvalue weighted by molar-refractivity contribution is 5.30. The monoisotopic (exact) mass is 219 g/mol. The molecule has 0 aliphatic carbocycles. The standard InChI is InChI=1S/C14H21NO/c1-2-11-6-3-4-8-13(11)14-12(10-15)7-5-9-16-14/h3-4,6,8,12,14H,2,5,7,9-10,15H2,1H3. The molecule has 0 spiro atoms. The maximum atomic E-state index is 5.93. The predicted molar refractivity (Wildman–Crippen MR) is 66.3 cm³/mol. The number of hydrogen-bond donors (Lipinski definition) is 1. The molecular weight excluding hydrogens is 198 g/mol. The van der Waals surface area contributed by atoms with Crippen LogP contribution in [0, 0.1) is 5.92 Å². The van der Waals surface area contributed by atoms with Crippen LogP contribution in [0.5, 0.6) is 0 Å². The Morgan fingerprint density at radius 1 is 1.38 bits per heavy atom. The predicted octanol–water partition coefficient (Wildman–Crippen LogP) is 2.68. The van der Waals surface area contributed by atoms with Gasteiger partial charge in [0, 0.05) is 12.5 Å². The van der Waals surface area contributed by atoms with Crippen LogP contribution in [0.2, 0.25) is 0 Å². The van der Waals surface area contributed by atoms with Crippen LogP contribution in [0.3, 0.4) is 0 Å². The van der Waals surface area contributed by atoms with Crippen molar-refractivity contribution in [1.29, 1.82) is 0 Å². The summed E-state index contributed by atoms with van der Waals surface area (Å²) in [6, 6.07) is 8.58. The lowest BCUT2D eigenvalue weighted by Gasteiger charge is -2.32. The minimum atomic E-state index is 0.217. The second-order valence-corrected chi connectivity index (χ2v) is 4.48. The third kappa shape index (κ3) is 2.28. The molecule has 1 fully saturated rings. The van der Waals surface area contributed by atoms with Crippen LogP contribution in [-0.4, -0.2) is 13.2 Å². The summed E-state index contributed by atoms with van der Waals surface area (Å²) in [5.74, 6) is 0.487. The molecule has 1 aromatic carbocycles. The summed E-state index contributed by atoms with van der Waals surface area (Å²) in [4.78, 5) is 0. The van der Waals surface area contributed by atoms with E-state index in [0.717, 1.165) is 26.0 Å². The summed E-state index contributed by atoms with van der Waals surface area (Å²) in [5, 5.41) is 0. The second kappa shape index (κ2) is 5.46. The molecular formula is C14H21NO. The Bertz CT molecular complexity index is 337. The summed E-state index contributed by atoms with van der Waals surface area (Å²) in [6.07, 6.45) is 3.62. The van der Waals surface area contributed by atoms with E-state index in [-0.39, 0.29) is 6.10 Å². The third-order valence-electron chi connectivity index (χ3n) is 3.49. The van der Waals surface area contributed by atoms with E-state index in [1.54, 1.807) is 0 Å². The molecule has 1 aromatic rings. The fourth-order valence-corrected chi connectivity index (χ4v) is 2.56. The van der Waals surface area contributed by atoms with Crippen LogP contribution in [0.4, 0.5) is 0 Å². The average molecular weight is 219 g/mol. The highest BCUT2D eigenvalue weighted by atomic mass is 16.5.